The standard InChI is InChI=1S/C7H7NO.C3H8.C2H6.H2/c8-7(9)6-4-2-1-3-5-6;1-3-2;1-2;/h1-5H,(H2,8,9);3H2,1-2H3;1-2H3;1H. The molecule has 1 aromatic carbocycles. The van der Waals surface area contributed by atoms with Crippen LogP contribution in [-0.2, 0) is 0 Å². The summed E-state index contributed by atoms with van der Waals surface area (Å²) in [6.07, 6.45) is 1.25. The lowest BCUT2D eigenvalue weighted by molar-refractivity contribution is 0.100. The van der Waals surface area contributed by atoms with Crippen molar-refractivity contribution in [3.63, 3.8) is 0 Å². The monoisotopic (exact) mass is 197 g/mol. The van der Waals surface area contributed by atoms with Crippen LogP contribution in [0.25, 0.3) is 0 Å². The molecule has 0 bridgehead atoms. The minimum absolute atomic E-state index is 0. The van der Waals surface area contributed by atoms with E-state index in [1.54, 1.807) is 24.3 Å². The summed E-state index contributed by atoms with van der Waals surface area (Å²) in [7, 11) is 0. The molecule has 0 atom stereocenters. The van der Waals surface area contributed by atoms with Crippen LogP contribution in [-0.4, -0.2) is 5.91 Å². The van der Waals surface area contributed by atoms with Crippen molar-refractivity contribution in [2.45, 2.75) is 34.1 Å². The first-order valence-electron chi connectivity index (χ1n) is 5.07. The molecule has 0 saturated carbocycles. The topological polar surface area (TPSA) is 43.1 Å². The summed E-state index contributed by atoms with van der Waals surface area (Å²) in [5.74, 6) is -0.379. The molecule has 2 nitrogen and oxygen atoms in total. The number of amides is 1. The second-order valence-corrected chi connectivity index (χ2v) is 2.44. The minimum Gasteiger partial charge on any atom is -0.366 e. The second kappa shape index (κ2) is 11.7. The van der Waals surface area contributed by atoms with Crippen LogP contribution in [0.4, 0.5) is 0 Å². The molecule has 0 spiro atoms. The minimum atomic E-state index is -0.379. The van der Waals surface area contributed by atoms with E-state index in [2.05, 4.69) is 13.8 Å². The van der Waals surface area contributed by atoms with E-state index < -0.39 is 0 Å². The maximum atomic E-state index is 10.4. The normalized spacial score (nSPS) is 7.43. The average molecular weight is 197 g/mol. The summed E-state index contributed by atoms with van der Waals surface area (Å²) in [4.78, 5) is 10.4. The zero-order valence-corrected chi connectivity index (χ0v) is 9.58. The Morgan fingerprint density at radius 1 is 1.21 bits per heavy atom. The Balaban J connectivity index is -0.000000209. The van der Waals surface area contributed by atoms with Crippen molar-refractivity contribution in [2.24, 2.45) is 5.73 Å². The lowest BCUT2D eigenvalue weighted by Gasteiger charge is -1.89. The lowest BCUT2D eigenvalue weighted by Crippen LogP contribution is -2.09. The van der Waals surface area contributed by atoms with Crippen molar-refractivity contribution in [1.82, 2.24) is 0 Å². The number of nitrogens with two attached hydrogens (primary N) is 1. The maximum Gasteiger partial charge on any atom is 0.248 e. The van der Waals surface area contributed by atoms with E-state index in [0.717, 1.165) is 0 Å². The SMILES string of the molecule is CC.CCC.NC(=O)c1ccccc1.[HH]. The zero-order chi connectivity index (χ0) is 11.4. The van der Waals surface area contributed by atoms with E-state index in [4.69, 9.17) is 5.73 Å². The molecule has 0 heterocycles. The molecule has 0 aliphatic carbocycles. The van der Waals surface area contributed by atoms with E-state index in [-0.39, 0.29) is 7.33 Å². The third-order valence-electron chi connectivity index (χ3n) is 1.06. The molecule has 1 amide bonds. The van der Waals surface area contributed by atoms with Crippen molar-refractivity contribution in [3.05, 3.63) is 35.9 Å². The molecule has 0 unspecified atom stereocenters. The van der Waals surface area contributed by atoms with Crippen LogP contribution in [0.5, 0.6) is 0 Å². The highest BCUT2D eigenvalue weighted by Gasteiger charge is 1.93. The van der Waals surface area contributed by atoms with Gasteiger partial charge in [-0.15, -0.1) is 0 Å². The van der Waals surface area contributed by atoms with Gasteiger partial charge in [-0.25, -0.2) is 0 Å². The molecule has 82 valence electrons. The molecular weight excluding hydrogens is 174 g/mol. The van der Waals surface area contributed by atoms with Crippen LogP contribution < -0.4 is 5.73 Å². The number of carbonyl (C=O) groups excluding carboxylic acids is 1. The van der Waals surface area contributed by atoms with E-state index in [0.29, 0.717) is 5.56 Å². The lowest BCUT2D eigenvalue weighted by atomic mass is 10.2. The van der Waals surface area contributed by atoms with Gasteiger partial charge in [0.05, 0.1) is 0 Å². The molecule has 0 aromatic heterocycles. The first-order valence-corrected chi connectivity index (χ1v) is 5.07. The smallest absolute Gasteiger partial charge is 0.248 e. The third-order valence-corrected chi connectivity index (χ3v) is 1.06. The van der Waals surface area contributed by atoms with Gasteiger partial charge < -0.3 is 5.73 Å². The van der Waals surface area contributed by atoms with Crippen molar-refractivity contribution < 1.29 is 6.22 Å². The summed E-state index contributed by atoms with van der Waals surface area (Å²) < 4.78 is 0. The van der Waals surface area contributed by atoms with Crippen LogP contribution in [0.15, 0.2) is 30.3 Å². The molecule has 2 heteroatoms. The Bertz CT molecular complexity index is 224. The molecule has 0 aliphatic heterocycles. The summed E-state index contributed by atoms with van der Waals surface area (Å²) in [6.45, 7) is 8.25. The Hall–Kier alpha value is -1.31. The molecule has 14 heavy (non-hydrogen) atoms. The molecule has 0 radical (unpaired) electrons. The Morgan fingerprint density at radius 2 is 1.57 bits per heavy atom. The summed E-state index contributed by atoms with van der Waals surface area (Å²) >= 11 is 0. The first kappa shape index (κ1) is 15.2. The Labute approximate surface area is 88.6 Å². The number of carbonyl (C=O) groups is 1. The van der Waals surface area contributed by atoms with Gasteiger partial charge in [-0.3, -0.25) is 4.79 Å². The van der Waals surface area contributed by atoms with Crippen molar-refractivity contribution in [2.75, 3.05) is 0 Å². The van der Waals surface area contributed by atoms with Crippen LogP contribution >= 0.6 is 0 Å². The number of hydrogen-bond acceptors (Lipinski definition) is 1. The number of benzene rings is 1. The van der Waals surface area contributed by atoms with Gasteiger partial charge in [-0.05, 0) is 12.1 Å². The van der Waals surface area contributed by atoms with Gasteiger partial charge in [0.1, 0.15) is 0 Å². The number of rotatable bonds is 1. The number of hydrogen-bond donors (Lipinski definition) is 1. The maximum absolute atomic E-state index is 10.4. The van der Waals surface area contributed by atoms with Gasteiger partial charge in [-0.2, -0.15) is 0 Å². The van der Waals surface area contributed by atoms with Crippen LogP contribution in [0.1, 0.15) is 45.9 Å². The fourth-order valence-electron chi connectivity index (χ4n) is 0.602. The van der Waals surface area contributed by atoms with Gasteiger partial charge in [0.15, 0.2) is 0 Å². The fraction of sp³-hybridized carbons (Fsp3) is 0.417. The first-order chi connectivity index (χ1) is 6.72. The van der Waals surface area contributed by atoms with Crippen molar-refractivity contribution in [3.8, 4) is 0 Å². The van der Waals surface area contributed by atoms with Gasteiger partial charge in [0, 0.05) is 6.99 Å². The van der Waals surface area contributed by atoms with Gasteiger partial charge in [0.25, 0.3) is 0 Å². The molecule has 1 rings (SSSR count). The van der Waals surface area contributed by atoms with Crippen LogP contribution in [0.2, 0.25) is 0 Å². The highest BCUT2D eigenvalue weighted by molar-refractivity contribution is 5.92. The molecular formula is C12H23NO. The predicted octanol–water partition coefficient (Wildman–Crippen LogP) is 3.47. The Morgan fingerprint density at radius 3 is 1.79 bits per heavy atom. The van der Waals surface area contributed by atoms with Crippen molar-refractivity contribution >= 4 is 5.91 Å². The zero-order valence-electron chi connectivity index (χ0n) is 9.58. The molecule has 2 N–H and O–H groups in total. The molecule has 0 saturated heterocycles. The van der Waals surface area contributed by atoms with Gasteiger partial charge in [0.2, 0.25) is 5.91 Å². The quantitative estimate of drug-likeness (QED) is 0.736. The second-order valence-electron chi connectivity index (χ2n) is 2.44. The Kier molecular flexibility index (Phi) is 12.7. The van der Waals surface area contributed by atoms with Crippen molar-refractivity contribution in [1.29, 1.82) is 0 Å². The van der Waals surface area contributed by atoms with E-state index in [1.165, 1.54) is 6.42 Å². The summed E-state index contributed by atoms with van der Waals surface area (Å²) in [6, 6.07) is 8.76. The molecule has 1 aromatic rings. The van der Waals surface area contributed by atoms with E-state index in [1.807, 2.05) is 19.9 Å². The van der Waals surface area contributed by atoms with Crippen LogP contribution in [0, 0.1) is 0 Å². The average Bonchev–Trinajstić information content (AvgIpc) is 2.23. The van der Waals surface area contributed by atoms with Gasteiger partial charge in [-0.1, -0.05) is 52.3 Å². The highest BCUT2D eigenvalue weighted by atomic mass is 16.1. The fourth-order valence-corrected chi connectivity index (χ4v) is 0.602. The van der Waals surface area contributed by atoms with E-state index in [9.17, 15) is 4.79 Å². The highest BCUT2D eigenvalue weighted by Crippen LogP contribution is 1.94. The van der Waals surface area contributed by atoms with Gasteiger partial charge >= 0.3 is 0 Å². The summed E-state index contributed by atoms with van der Waals surface area (Å²) in [5.41, 5.74) is 5.53. The molecule has 0 aliphatic rings. The predicted molar refractivity (Wildman–Crippen MR) is 64.4 cm³/mol. The summed E-state index contributed by atoms with van der Waals surface area (Å²) in [5, 5.41) is 0. The largest absolute Gasteiger partial charge is 0.366 e. The third kappa shape index (κ3) is 8.78. The number of primary amides is 1. The van der Waals surface area contributed by atoms with Crippen LogP contribution in [0.3, 0.4) is 0 Å². The van der Waals surface area contributed by atoms with E-state index >= 15 is 0 Å². The molecule has 0 fully saturated rings.